The van der Waals surface area contributed by atoms with E-state index in [9.17, 15) is 9.18 Å². The highest BCUT2D eigenvalue weighted by molar-refractivity contribution is 5.88. The molecule has 0 spiro atoms. The van der Waals surface area contributed by atoms with Crippen molar-refractivity contribution in [2.24, 2.45) is 0 Å². The number of carboxylic acid groups (broad SMARTS) is 1. The lowest BCUT2D eigenvalue weighted by Crippen LogP contribution is -1.97. The maximum atomic E-state index is 13.4. The number of aromatic carboxylic acids is 1. The Morgan fingerprint density at radius 1 is 1.26 bits per heavy atom. The van der Waals surface area contributed by atoms with Gasteiger partial charge in [0, 0.05) is 0 Å². The molecule has 0 saturated carbocycles. The number of carbonyl (C=O) groups is 1. The topological polar surface area (TPSA) is 70.3 Å². The van der Waals surface area contributed by atoms with E-state index in [1.54, 1.807) is 6.07 Å². The van der Waals surface area contributed by atoms with Gasteiger partial charge in [-0.2, -0.15) is 5.26 Å². The fourth-order valence-corrected chi connectivity index (χ4v) is 1.52. The normalized spacial score (nSPS) is 9.68. The largest absolute Gasteiger partial charge is 0.478 e. The summed E-state index contributed by atoms with van der Waals surface area (Å²) in [5.74, 6) is -1.51. The second-order valence-electron chi connectivity index (χ2n) is 3.66. The third kappa shape index (κ3) is 2.69. The SMILES string of the molecule is N#Cc1c(F)cccc1Oc1cccc(C(=O)O)c1. The first-order valence-electron chi connectivity index (χ1n) is 5.31. The van der Waals surface area contributed by atoms with Gasteiger partial charge in [-0.25, -0.2) is 9.18 Å². The van der Waals surface area contributed by atoms with Crippen LogP contribution in [0.4, 0.5) is 4.39 Å². The number of carboxylic acids is 1. The molecule has 19 heavy (non-hydrogen) atoms. The molecule has 0 bridgehead atoms. The summed E-state index contributed by atoms with van der Waals surface area (Å²) >= 11 is 0. The van der Waals surface area contributed by atoms with Crippen LogP contribution in [0.1, 0.15) is 15.9 Å². The monoisotopic (exact) mass is 257 g/mol. The molecule has 0 unspecified atom stereocenters. The van der Waals surface area contributed by atoms with E-state index < -0.39 is 11.8 Å². The summed E-state index contributed by atoms with van der Waals surface area (Å²) in [4.78, 5) is 10.8. The molecule has 0 aliphatic heterocycles. The minimum Gasteiger partial charge on any atom is -0.478 e. The van der Waals surface area contributed by atoms with Crippen molar-refractivity contribution in [3.8, 4) is 17.6 Å². The van der Waals surface area contributed by atoms with Gasteiger partial charge >= 0.3 is 5.97 Å². The zero-order valence-electron chi connectivity index (χ0n) is 9.63. The molecule has 0 radical (unpaired) electrons. The van der Waals surface area contributed by atoms with Crippen LogP contribution >= 0.6 is 0 Å². The van der Waals surface area contributed by atoms with Crippen molar-refractivity contribution in [1.82, 2.24) is 0 Å². The van der Waals surface area contributed by atoms with Crippen LogP contribution in [0, 0.1) is 17.1 Å². The molecule has 0 heterocycles. The molecule has 4 nitrogen and oxygen atoms in total. The Balaban J connectivity index is 2.37. The van der Waals surface area contributed by atoms with Gasteiger partial charge < -0.3 is 9.84 Å². The van der Waals surface area contributed by atoms with E-state index in [0.717, 1.165) is 6.07 Å². The number of rotatable bonds is 3. The van der Waals surface area contributed by atoms with E-state index in [4.69, 9.17) is 15.1 Å². The first-order valence-corrected chi connectivity index (χ1v) is 5.31. The molecule has 0 fully saturated rings. The molecular formula is C14H8FNO3. The summed E-state index contributed by atoms with van der Waals surface area (Å²) in [5, 5.41) is 17.7. The predicted octanol–water partition coefficient (Wildman–Crippen LogP) is 3.19. The van der Waals surface area contributed by atoms with E-state index in [0.29, 0.717) is 0 Å². The first kappa shape index (κ1) is 12.6. The third-order valence-electron chi connectivity index (χ3n) is 2.40. The second-order valence-corrected chi connectivity index (χ2v) is 3.66. The average Bonchev–Trinajstić information content (AvgIpc) is 2.39. The number of nitrogens with zero attached hydrogens (tertiary/aromatic N) is 1. The highest BCUT2D eigenvalue weighted by Gasteiger charge is 2.11. The Labute approximate surface area is 108 Å². The van der Waals surface area contributed by atoms with Gasteiger partial charge in [-0.3, -0.25) is 0 Å². The van der Waals surface area contributed by atoms with Gasteiger partial charge in [0.2, 0.25) is 0 Å². The van der Waals surface area contributed by atoms with Gasteiger partial charge in [-0.1, -0.05) is 12.1 Å². The smallest absolute Gasteiger partial charge is 0.335 e. The number of hydrogen-bond acceptors (Lipinski definition) is 3. The van der Waals surface area contributed by atoms with Crippen molar-refractivity contribution in [1.29, 1.82) is 5.26 Å². The van der Waals surface area contributed by atoms with Crippen LogP contribution in [0.5, 0.6) is 11.5 Å². The molecule has 0 atom stereocenters. The van der Waals surface area contributed by atoms with Crippen molar-refractivity contribution in [2.75, 3.05) is 0 Å². The molecule has 0 amide bonds. The number of benzene rings is 2. The summed E-state index contributed by atoms with van der Waals surface area (Å²) in [6.45, 7) is 0. The maximum absolute atomic E-state index is 13.4. The lowest BCUT2D eigenvalue weighted by atomic mass is 10.2. The Hall–Kier alpha value is -2.87. The van der Waals surface area contributed by atoms with E-state index in [1.165, 1.54) is 36.4 Å². The molecule has 1 N–H and O–H groups in total. The van der Waals surface area contributed by atoms with Crippen LogP contribution in [0.25, 0.3) is 0 Å². The Bertz CT molecular complexity index is 677. The number of halogens is 1. The summed E-state index contributed by atoms with van der Waals surface area (Å²) < 4.78 is 18.7. The lowest BCUT2D eigenvalue weighted by molar-refractivity contribution is 0.0696. The van der Waals surface area contributed by atoms with E-state index in [1.807, 2.05) is 0 Å². The van der Waals surface area contributed by atoms with E-state index >= 15 is 0 Å². The highest BCUT2D eigenvalue weighted by Crippen LogP contribution is 2.27. The van der Waals surface area contributed by atoms with Crippen molar-refractivity contribution in [2.45, 2.75) is 0 Å². The van der Waals surface area contributed by atoms with Crippen molar-refractivity contribution < 1.29 is 19.0 Å². The second kappa shape index (κ2) is 5.19. The average molecular weight is 257 g/mol. The zero-order valence-corrected chi connectivity index (χ0v) is 9.63. The van der Waals surface area contributed by atoms with Crippen LogP contribution in [0.2, 0.25) is 0 Å². The Morgan fingerprint density at radius 3 is 2.68 bits per heavy atom. The molecule has 0 aliphatic rings. The molecule has 94 valence electrons. The Morgan fingerprint density at radius 2 is 2.00 bits per heavy atom. The van der Waals surface area contributed by atoms with Crippen LogP contribution < -0.4 is 4.74 Å². The highest BCUT2D eigenvalue weighted by atomic mass is 19.1. The summed E-state index contributed by atoms with van der Waals surface area (Å²) in [6.07, 6.45) is 0. The van der Waals surface area contributed by atoms with Gasteiger partial charge in [0.15, 0.2) is 0 Å². The summed E-state index contributed by atoms with van der Waals surface area (Å²) in [6, 6.07) is 11.4. The van der Waals surface area contributed by atoms with E-state index in [-0.39, 0.29) is 22.6 Å². The van der Waals surface area contributed by atoms with Gasteiger partial charge in [0.1, 0.15) is 28.9 Å². The lowest BCUT2D eigenvalue weighted by Gasteiger charge is -2.08. The predicted molar refractivity (Wildman–Crippen MR) is 64.6 cm³/mol. The van der Waals surface area contributed by atoms with Crippen LogP contribution in [0.15, 0.2) is 42.5 Å². The summed E-state index contributed by atoms with van der Waals surface area (Å²) in [5.41, 5.74) is -0.171. The van der Waals surface area contributed by atoms with Crippen LogP contribution in [-0.4, -0.2) is 11.1 Å². The Kier molecular flexibility index (Phi) is 3.44. The first-order chi connectivity index (χ1) is 9.11. The van der Waals surface area contributed by atoms with Gasteiger partial charge in [-0.15, -0.1) is 0 Å². The van der Waals surface area contributed by atoms with Crippen LogP contribution in [0.3, 0.4) is 0 Å². The number of nitriles is 1. The molecular weight excluding hydrogens is 249 g/mol. The summed E-state index contributed by atoms with van der Waals surface area (Å²) in [7, 11) is 0. The molecule has 0 saturated heterocycles. The van der Waals surface area contributed by atoms with Gasteiger partial charge in [0.25, 0.3) is 0 Å². The fourth-order valence-electron chi connectivity index (χ4n) is 1.52. The van der Waals surface area contributed by atoms with Crippen molar-refractivity contribution in [3.05, 3.63) is 59.4 Å². The zero-order chi connectivity index (χ0) is 13.8. The minimum atomic E-state index is -1.09. The minimum absolute atomic E-state index is 0.0463. The maximum Gasteiger partial charge on any atom is 0.335 e. The van der Waals surface area contributed by atoms with Gasteiger partial charge in [0.05, 0.1) is 5.56 Å². The van der Waals surface area contributed by atoms with Gasteiger partial charge in [-0.05, 0) is 30.3 Å². The van der Waals surface area contributed by atoms with E-state index in [2.05, 4.69) is 0 Å². The standard InChI is InChI=1S/C14H8FNO3/c15-12-5-2-6-13(11(12)8-16)19-10-4-1-3-9(7-10)14(17)18/h1-7H,(H,17,18). The number of ether oxygens (including phenoxy) is 1. The molecule has 2 aromatic carbocycles. The fraction of sp³-hybridized carbons (Fsp3) is 0. The molecule has 2 aromatic rings. The number of hydrogen-bond donors (Lipinski definition) is 1. The van der Waals surface area contributed by atoms with Crippen molar-refractivity contribution in [3.63, 3.8) is 0 Å². The van der Waals surface area contributed by atoms with Crippen molar-refractivity contribution >= 4 is 5.97 Å². The molecule has 5 heteroatoms. The molecule has 0 aliphatic carbocycles. The van der Waals surface area contributed by atoms with Crippen LogP contribution in [-0.2, 0) is 0 Å². The molecule has 0 aromatic heterocycles. The third-order valence-corrected chi connectivity index (χ3v) is 2.40. The molecule has 2 rings (SSSR count). The quantitative estimate of drug-likeness (QED) is 0.916.